The third-order valence-corrected chi connectivity index (χ3v) is 4.72. The Morgan fingerprint density at radius 2 is 1.89 bits per heavy atom. The predicted octanol–water partition coefficient (Wildman–Crippen LogP) is 3.78. The van der Waals surface area contributed by atoms with E-state index < -0.39 is 5.54 Å². The normalized spacial score (nSPS) is 15.6. The van der Waals surface area contributed by atoms with Gasteiger partial charge in [0, 0.05) is 30.8 Å². The molecule has 0 aliphatic carbocycles. The monoisotopic (exact) mass is 379 g/mol. The SMILES string of the molecule is CN=Cc1cccc(C(=O)N2N=C(c3ccc(OC)c(OC)c3)CC2(C)C)c1. The maximum atomic E-state index is 13.1. The number of hydrazone groups is 1. The molecule has 1 aliphatic rings. The van der Waals surface area contributed by atoms with Crippen LogP contribution in [0.1, 0.15) is 41.8 Å². The third-order valence-electron chi connectivity index (χ3n) is 4.72. The standard InChI is InChI=1S/C22H25N3O3/c1-22(2)13-18(16-9-10-19(27-4)20(12-16)28-5)24-25(22)21(26)17-8-6-7-15(11-17)14-23-3/h6-12,14H,13H2,1-5H3. The van der Waals surface area contributed by atoms with Gasteiger partial charge >= 0.3 is 0 Å². The van der Waals surface area contributed by atoms with Crippen LogP contribution in [-0.2, 0) is 0 Å². The second-order valence-electron chi connectivity index (χ2n) is 7.24. The molecule has 0 saturated heterocycles. The summed E-state index contributed by atoms with van der Waals surface area (Å²) in [5.74, 6) is 1.16. The van der Waals surface area contributed by atoms with Crippen LogP contribution in [-0.4, -0.2) is 49.6 Å². The summed E-state index contributed by atoms with van der Waals surface area (Å²) in [6.07, 6.45) is 2.37. The molecular weight excluding hydrogens is 354 g/mol. The van der Waals surface area contributed by atoms with Crippen molar-refractivity contribution in [1.82, 2.24) is 5.01 Å². The molecule has 1 aliphatic heterocycles. The summed E-state index contributed by atoms with van der Waals surface area (Å²) in [6.45, 7) is 4.03. The fraction of sp³-hybridized carbons (Fsp3) is 0.318. The van der Waals surface area contributed by atoms with E-state index in [4.69, 9.17) is 9.47 Å². The summed E-state index contributed by atoms with van der Waals surface area (Å²) in [5, 5.41) is 6.24. The van der Waals surface area contributed by atoms with Gasteiger partial charge in [-0.2, -0.15) is 5.10 Å². The molecule has 3 rings (SSSR count). The zero-order valence-electron chi connectivity index (χ0n) is 16.9. The lowest BCUT2D eigenvalue weighted by atomic mass is 9.94. The Morgan fingerprint density at radius 1 is 1.14 bits per heavy atom. The third kappa shape index (κ3) is 3.76. The lowest BCUT2D eigenvalue weighted by molar-refractivity contribution is 0.0612. The van der Waals surface area contributed by atoms with Gasteiger partial charge in [0.1, 0.15) is 0 Å². The maximum Gasteiger partial charge on any atom is 0.274 e. The van der Waals surface area contributed by atoms with E-state index in [0.717, 1.165) is 16.8 Å². The number of aliphatic imine (C=N–C) groups is 1. The van der Waals surface area contributed by atoms with Crippen LogP contribution >= 0.6 is 0 Å². The number of carbonyl (C=O) groups is 1. The fourth-order valence-corrected chi connectivity index (χ4v) is 3.30. The highest BCUT2D eigenvalue weighted by atomic mass is 16.5. The molecule has 0 fully saturated rings. The largest absolute Gasteiger partial charge is 0.493 e. The molecule has 0 atom stereocenters. The quantitative estimate of drug-likeness (QED) is 0.743. The smallest absolute Gasteiger partial charge is 0.274 e. The fourth-order valence-electron chi connectivity index (χ4n) is 3.30. The van der Waals surface area contributed by atoms with Crippen molar-refractivity contribution in [3.63, 3.8) is 0 Å². The van der Waals surface area contributed by atoms with E-state index in [1.54, 1.807) is 38.6 Å². The molecule has 0 spiro atoms. The molecule has 0 saturated carbocycles. The minimum absolute atomic E-state index is 0.133. The first-order chi connectivity index (χ1) is 13.4. The summed E-state index contributed by atoms with van der Waals surface area (Å²) in [6, 6.07) is 13.1. The number of hydrogen-bond acceptors (Lipinski definition) is 5. The highest BCUT2D eigenvalue weighted by Crippen LogP contribution is 2.34. The summed E-state index contributed by atoms with van der Waals surface area (Å²) < 4.78 is 10.7. The first kappa shape index (κ1) is 19.6. The number of carbonyl (C=O) groups excluding carboxylic acids is 1. The van der Waals surface area contributed by atoms with Crippen molar-refractivity contribution >= 4 is 17.8 Å². The van der Waals surface area contributed by atoms with Crippen LogP contribution in [0.4, 0.5) is 0 Å². The maximum absolute atomic E-state index is 13.1. The van der Waals surface area contributed by atoms with Crippen molar-refractivity contribution in [2.24, 2.45) is 10.1 Å². The molecule has 2 aromatic carbocycles. The number of ether oxygens (including phenoxy) is 2. The van der Waals surface area contributed by atoms with Gasteiger partial charge in [-0.15, -0.1) is 0 Å². The van der Waals surface area contributed by atoms with E-state index in [2.05, 4.69) is 10.1 Å². The Labute approximate surface area is 165 Å². The van der Waals surface area contributed by atoms with Gasteiger partial charge in [-0.25, -0.2) is 5.01 Å². The predicted molar refractivity (Wildman–Crippen MR) is 111 cm³/mol. The second-order valence-corrected chi connectivity index (χ2v) is 7.24. The van der Waals surface area contributed by atoms with Crippen molar-refractivity contribution < 1.29 is 14.3 Å². The van der Waals surface area contributed by atoms with Crippen molar-refractivity contribution in [2.45, 2.75) is 25.8 Å². The zero-order chi connectivity index (χ0) is 20.3. The van der Waals surface area contributed by atoms with Gasteiger partial charge in [0.15, 0.2) is 11.5 Å². The first-order valence-electron chi connectivity index (χ1n) is 9.06. The Kier molecular flexibility index (Phi) is 5.49. The average Bonchev–Trinajstić information content (AvgIpc) is 3.02. The summed E-state index contributed by atoms with van der Waals surface area (Å²) in [4.78, 5) is 17.2. The first-order valence-corrected chi connectivity index (χ1v) is 9.06. The number of rotatable bonds is 5. The highest BCUT2D eigenvalue weighted by Gasteiger charge is 2.39. The summed E-state index contributed by atoms with van der Waals surface area (Å²) in [5.41, 5.74) is 2.78. The van der Waals surface area contributed by atoms with Crippen LogP contribution < -0.4 is 9.47 Å². The van der Waals surface area contributed by atoms with Gasteiger partial charge in [-0.1, -0.05) is 12.1 Å². The van der Waals surface area contributed by atoms with Gasteiger partial charge < -0.3 is 9.47 Å². The van der Waals surface area contributed by atoms with Crippen LogP contribution in [0, 0.1) is 0 Å². The van der Waals surface area contributed by atoms with Gasteiger partial charge in [0.25, 0.3) is 5.91 Å². The Morgan fingerprint density at radius 3 is 2.57 bits per heavy atom. The minimum Gasteiger partial charge on any atom is -0.493 e. The van der Waals surface area contributed by atoms with Crippen molar-refractivity contribution in [2.75, 3.05) is 21.3 Å². The van der Waals surface area contributed by atoms with Crippen LogP contribution in [0.15, 0.2) is 52.6 Å². The van der Waals surface area contributed by atoms with Crippen LogP contribution in [0.5, 0.6) is 11.5 Å². The zero-order valence-corrected chi connectivity index (χ0v) is 16.9. The minimum atomic E-state index is -0.436. The number of benzene rings is 2. The number of amides is 1. The van der Waals surface area contributed by atoms with E-state index in [1.807, 2.05) is 50.2 Å². The summed E-state index contributed by atoms with van der Waals surface area (Å²) in [7, 11) is 4.91. The molecule has 0 unspecified atom stereocenters. The van der Waals surface area contributed by atoms with E-state index in [1.165, 1.54) is 0 Å². The van der Waals surface area contributed by atoms with Crippen LogP contribution in [0.3, 0.4) is 0 Å². The molecule has 1 heterocycles. The number of nitrogens with zero attached hydrogens (tertiary/aromatic N) is 3. The molecule has 0 N–H and O–H groups in total. The molecule has 0 bridgehead atoms. The topological polar surface area (TPSA) is 63.5 Å². The number of hydrogen-bond donors (Lipinski definition) is 0. The van der Waals surface area contributed by atoms with E-state index in [0.29, 0.717) is 23.5 Å². The van der Waals surface area contributed by atoms with E-state index in [-0.39, 0.29) is 5.91 Å². The molecule has 0 aromatic heterocycles. The Bertz CT molecular complexity index is 948. The van der Waals surface area contributed by atoms with Crippen LogP contribution in [0.25, 0.3) is 0 Å². The lowest BCUT2D eigenvalue weighted by Gasteiger charge is -2.28. The van der Waals surface area contributed by atoms with Crippen molar-refractivity contribution in [3.8, 4) is 11.5 Å². The van der Waals surface area contributed by atoms with Gasteiger partial charge in [0.2, 0.25) is 0 Å². The molecule has 0 radical (unpaired) electrons. The molecule has 1 amide bonds. The summed E-state index contributed by atoms with van der Waals surface area (Å²) >= 11 is 0. The molecule has 146 valence electrons. The second kappa shape index (κ2) is 7.84. The highest BCUT2D eigenvalue weighted by molar-refractivity contribution is 6.06. The molecule has 6 heteroatoms. The van der Waals surface area contributed by atoms with E-state index >= 15 is 0 Å². The average molecular weight is 379 g/mol. The molecule has 2 aromatic rings. The van der Waals surface area contributed by atoms with Crippen molar-refractivity contribution in [1.29, 1.82) is 0 Å². The molecule has 6 nitrogen and oxygen atoms in total. The van der Waals surface area contributed by atoms with Crippen molar-refractivity contribution in [3.05, 3.63) is 59.2 Å². The molecular formula is C22H25N3O3. The lowest BCUT2D eigenvalue weighted by Crippen LogP contribution is -2.40. The number of methoxy groups -OCH3 is 2. The van der Waals surface area contributed by atoms with Gasteiger partial charge in [-0.3, -0.25) is 9.79 Å². The Balaban J connectivity index is 1.95. The van der Waals surface area contributed by atoms with Gasteiger partial charge in [-0.05, 0) is 49.7 Å². The van der Waals surface area contributed by atoms with Crippen LogP contribution in [0.2, 0.25) is 0 Å². The Hall–Kier alpha value is -3.15. The van der Waals surface area contributed by atoms with Gasteiger partial charge in [0.05, 0.1) is 25.5 Å². The van der Waals surface area contributed by atoms with E-state index in [9.17, 15) is 4.79 Å². The molecule has 28 heavy (non-hydrogen) atoms.